The van der Waals surface area contributed by atoms with Gasteiger partial charge in [0.15, 0.2) is 5.79 Å². The molecule has 0 aromatic rings. The first-order valence-electron chi connectivity index (χ1n) is 6.24. The Morgan fingerprint density at radius 3 is 2.33 bits per heavy atom. The van der Waals surface area contributed by atoms with Crippen LogP contribution in [0.5, 0.6) is 0 Å². The predicted molar refractivity (Wildman–Crippen MR) is 61.9 cm³/mol. The van der Waals surface area contributed by atoms with Crippen molar-refractivity contribution in [2.45, 2.75) is 52.4 Å². The maximum Gasteiger partial charge on any atom is 0.181 e. The molecule has 2 fully saturated rings. The van der Waals surface area contributed by atoms with Crippen molar-refractivity contribution >= 4 is 0 Å². The van der Waals surface area contributed by atoms with Gasteiger partial charge < -0.3 is 9.47 Å². The topological polar surface area (TPSA) is 21.7 Å². The van der Waals surface area contributed by atoms with Gasteiger partial charge in [-0.05, 0) is 20.3 Å². The van der Waals surface area contributed by atoms with Gasteiger partial charge in [-0.25, -0.2) is 0 Å². The molecule has 90 valence electrons. The number of morpholine rings is 1. The van der Waals surface area contributed by atoms with Crippen LogP contribution in [0.15, 0.2) is 0 Å². The monoisotopic (exact) mass is 215 g/mol. The number of nitrogens with zero attached hydrogens (tertiary/aromatic N) is 1. The molecule has 0 N–H and O–H groups in total. The number of ether oxygens (including phenoxy) is 2. The van der Waals surface area contributed by atoms with E-state index in [1.165, 1.54) is 0 Å². The van der Waals surface area contributed by atoms with E-state index in [4.69, 9.17) is 9.47 Å². The zero-order valence-corrected chi connectivity index (χ0v) is 10.6. The van der Waals surface area contributed by atoms with E-state index in [2.05, 4.69) is 18.7 Å². The molecule has 2 aliphatic heterocycles. The third-order valence-corrected chi connectivity index (χ3v) is 2.99. The first-order valence-corrected chi connectivity index (χ1v) is 6.24. The van der Waals surface area contributed by atoms with Crippen molar-refractivity contribution in [3.63, 3.8) is 0 Å². The number of rotatable bonds is 1. The minimum Gasteiger partial charge on any atom is -0.349 e. The van der Waals surface area contributed by atoms with E-state index in [0.29, 0.717) is 6.04 Å². The van der Waals surface area contributed by atoms with E-state index < -0.39 is 0 Å². The van der Waals surface area contributed by atoms with Crippen molar-refractivity contribution in [2.24, 2.45) is 0 Å². The van der Waals surface area contributed by atoms with E-state index in [1.807, 2.05) is 13.8 Å². The molecule has 2 aliphatic rings. The summed E-state index contributed by atoms with van der Waals surface area (Å²) >= 11 is 0. The van der Waals surface area contributed by atoms with E-state index in [-0.39, 0.29) is 5.79 Å². The normalized spacial score (nSPS) is 31.8. The fourth-order valence-electron chi connectivity index (χ4n) is 2.13. The second kappa shape index (κ2) is 5.83. The van der Waals surface area contributed by atoms with Crippen LogP contribution in [0.3, 0.4) is 0 Å². The van der Waals surface area contributed by atoms with E-state index >= 15 is 0 Å². The van der Waals surface area contributed by atoms with Crippen LogP contribution in [-0.2, 0) is 9.47 Å². The lowest BCUT2D eigenvalue weighted by Gasteiger charge is -2.41. The summed E-state index contributed by atoms with van der Waals surface area (Å²) in [6.07, 6.45) is 2.21. The summed E-state index contributed by atoms with van der Waals surface area (Å²) < 4.78 is 11.4. The first-order chi connectivity index (χ1) is 7.22. The average molecular weight is 215 g/mol. The highest BCUT2D eigenvalue weighted by atomic mass is 16.7. The molecule has 3 heteroatoms. The van der Waals surface area contributed by atoms with Crippen LogP contribution in [0.25, 0.3) is 0 Å². The lowest BCUT2D eigenvalue weighted by atomic mass is 10.1. The predicted octanol–water partition coefficient (Wildman–Crippen LogP) is 2.26. The van der Waals surface area contributed by atoms with E-state index in [0.717, 1.165) is 39.1 Å². The summed E-state index contributed by atoms with van der Waals surface area (Å²) in [4.78, 5) is 2.44. The van der Waals surface area contributed by atoms with Gasteiger partial charge in [-0.15, -0.1) is 0 Å². The lowest BCUT2D eigenvalue weighted by Crippen LogP contribution is -2.53. The molecule has 0 amide bonds. The molecule has 1 unspecified atom stereocenters. The van der Waals surface area contributed by atoms with Crippen LogP contribution in [-0.4, -0.2) is 43.0 Å². The van der Waals surface area contributed by atoms with Crippen LogP contribution in [0, 0.1) is 0 Å². The molecular weight excluding hydrogens is 190 g/mol. The Balaban J connectivity index is 0.000000531. The highest BCUT2D eigenvalue weighted by molar-refractivity contribution is 4.84. The minimum atomic E-state index is -0.248. The third-order valence-electron chi connectivity index (χ3n) is 2.99. The summed E-state index contributed by atoms with van der Waals surface area (Å²) in [7, 11) is 0. The molecule has 0 aromatic carbocycles. The smallest absolute Gasteiger partial charge is 0.181 e. The maximum atomic E-state index is 5.74. The lowest BCUT2D eigenvalue weighted by molar-refractivity contribution is -0.246. The molecule has 2 rings (SSSR count). The highest BCUT2D eigenvalue weighted by Gasteiger charge is 2.41. The van der Waals surface area contributed by atoms with Crippen molar-refractivity contribution < 1.29 is 9.47 Å². The van der Waals surface area contributed by atoms with Gasteiger partial charge in [0.1, 0.15) is 0 Å². The minimum absolute atomic E-state index is 0.248. The Morgan fingerprint density at radius 2 is 1.80 bits per heavy atom. The molecule has 0 aliphatic carbocycles. The van der Waals surface area contributed by atoms with Crippen molar-refractivity contribution in [3.05, 3.63) is 0 Å². The van der Waals surface area contributed by atoms with Crippen LogP contribution in [0.2, 0.25) is 0 Å². The van der Waals surface area contributed by atoms with Crippen LogP contribution in [0.1, 0.15) is 40.5 Å². The van der Waals surface area contributed by atoms with E-state index in [9.17, 15) is 0 Å². The Labute approximate surface area is 93.7 Å². The van der Waals surface area contributed by atoms with E-state index in [1.54, 1.807) is 0 Å². The summed E-state index contributed by atoms with van der Waals surface area (Å²) in [6, 6.07) is 0.602. The molecule has 1 atom stereocenters. The molecule has 3 nitrogen and oxygen atoms in total. The first kappa shape index (κ1) is 12.9. The molecule has 1 spiro atoms. The van der Waals surface area contributed by atoms with Crippen molar-refractivity contribution in [1.82, 2.24) is 4.90 Å². The van der Waals surface area contributed by atoms with Crippen LogP contribution < -0.4 is 0 Å². The largest absolute Gasteiger partial charge is 0.349 e. The van der Waals surface area contributed by atoms with Gasteiger partial charge in [-0.1, -0.05) is 13.8 Å². The Hall–Kier alpha value is -0.120. The summed E-state index contributed by atoms with van der Waals surface area (Å²) in [5.74, 6) is -0.248. The number of hydrogen-bond donors (Lipinski definition) is 0. The second-order valence-electron chi connectivity index (χ2n) is 4.28. The van der Waals surface area contributed by atoms with Gasteiger partial charge >= 0.3 is 0 Å². The molecule has 0 aromatic heterocycles. The zero-order chi connectivity index (χ0) is 11.3. The average Bonchev–Trinajstić information content (AvgIpc) is 2.69. The second-order valence-corrected chi connectivity index (χ2v) is 4.28. The SMILES string of the molecule is CC.CC(C)N1CCOC2(CCCO2)C1. The fraction of sp³-hybridized carbons (Fsp3) is 1.00. The Kier molecular flexibility index (Phi) is 5.03. The Morgan fingerprint density at radius 1 is 1.13 bits per heavy atom. The molecule has 2 saturated heterocycles. The Bertz CT molecular complexity index is 176. The standard InChI is InChI=1S/C10H19NO2.C2H6/c1-9(2)11-5-7-13-10(8-11)4-3-6-12-10;1-2/h9H,3-8H2,1-2H3;1-2H3. The van der Waals surface area contributed by atoms with Gasteiger partial charge in [0, 0.05) is 19.0 Å². The maximum absolute atomic E-state index is 5.74. The van der Waals surface area contributed by atoms with Gasteiger partial charge in [0.25, 0.3) is 0 Å². The molecule has 0 saturated carbocycles. The van der Waals surface area contributed by atoms with Crippen LogP contribution in [0.4, 0.5) is 0 Å². The molecular formula is C12H25NO2. The molecule has 0 bridgehead atoms. The van der Waals surface area contributed by atoms with Gasteiger partial charge in [-0.3, -0.25) is 4.90 Å². The fourth-order valence-corrected chi connectivity index (χ4v) is 2.13. The summed E-state index contributed by atoms with van der Waals surface area (Å²) in [5.41, 5.74) is 0. The van der Waals surface area contributed by atoms with Crippen molar-refractivity contribution in [3.8, 4) is 0 Å². The van der Waals surface area contributed by atoms with Gasteiger partial charge in [-0.2, -0.15) is 0 Å². The third kappa shape index (κ3) is 3.16. The number of hydrogen-bond acceptors (Lipinski definition) is 3. The van der Waals surface area contributed by atoms with Crippen molar-refractivity contribution in [1.29, 1.82) is 0 Å². The summed E-state index contributed by atoms with van der Waals surface area (Å²) in [6.45, 7) is 12.1. The van der Waals surface area contributed by atoms with Crippen molar-refractivity contribution in [2.75, 3.05) is 26.3 Å². The quantitative estimate of drug-likeness (QED) is 0.669. The van der Waals surface area contributed by atoms with Gasteiger partial charge in [0.2, 0.25) is 0 Å². The molecule has 0 radical (unpaired) electrons. The molecule has 15 heavy (non-hydrogen) atoms. The zero-order valence-electron chi connectivity index (χ0n) is 10.6. The summed E-state index contributed by atoms with van der Waals surface area (Å²) in [5, 5.41) is 0. The van der Waals surface area contributed by atoms with Gasteiger partial charge in [0.05, 0.1) is 19.8 Å². The molecule has 2 heterocycles. The van der Waals surface area contributed by atoms with Crippen LogP contribution >= 0.6 is 0 Å². The highest BCUT2D eigenvalue weighted by Crippen LogP contribution is 2.30.